The van der Waals surface area contributed by atoms with Crippen LogP contribution in [-0.2, 0) is 12.0 Å². The van der Waals surface area contributed by atoms with E-state index >= 15 is 0 Å². The van der Waals surface area contributed by atoms with Crippen molar-refractivity contribution in [3.63, 3.8) is 0 Å². The Hall–Kier alpha value is -1.35. The minimum atomic E-state index is -1.05. The second kappa shape index (κ2) is 6.51. The Morgan fingerprint density at radius 3 is 2.33 bits per heavy atom. The summed E-state index contributed by atoms with van der Waals surface area (Å²) in [5.41, 5.74) is 1.84. The molecule has 2 aromatic carbocycles. The summed E-state index contributed by atoms with van der Waals surface area (Å²) in [6.45, 7) is 6.05. The molecular weight excluding hydrogens is 318 g/mol. The molecule has 1 fully saturated rings. The lowest BCUT2D eigenvalue weighted by Gasteiger charge is -2.56. The van der Waals surface area contributed by atoms with Gasteiger partial charge in [0, 0.05) is 23.5 Å². The summed E-state index contributed by atoms with van der Waals surface area (Å²) in [5.74, 6) is 0. The molecule has 1 N–H and O–H groups in total. The van der Waals surface area contributed by atoms with Crippen LogP contribution in [0.2, 0.25) is 5.02 Å². The Bertz CT molecular complexity index is 706. The van der Waals surface area contributed by atoms with Crippen LogP contribution in [0.1, 0.15) is 37.0 Å². The Morgan fingerprint density at radius 1 is 1.12 bits per heavy atom. The summed E-state index contributed by atoms with van der Waals surface area (Å²) in [6.07, 6.45) is 2.19. The van der Waals surface area contributed by atoms with Crippen molar-refractivity contribution in [3.8, 4) is 0 Å². The maximum Gasteiger partial charge on any atom is 0.122 e. The number of rotatable bonds is 5. The number of halogens is 1. The Balaban J connectivity index is 2.08. The van der Waals surface area contributed by atoms with Crippen LogP contribution >= 0.6 is 11.6 Å². The van der Waals surface area contributed by atoms with Crippen LogP contribution in [0, 0.1) is 5.41 Å². The van der Waals surface area contributed by atoms with Gasteiger partial charge in [-0.3, -0.25) is 0 Å². The van der Waals surface area contributed by atoms with Gasteiger partial charge in [-0.15, -0.1) is 0 Å². The van der Waals surface area contributed by atoms with E-state index in [9.17, 15) is 5.11 Å². The maximum absolute atomic E-state index is 11.9. The van der Waals surface area contributed by atoms with Gasteiger partial charge in [0.05, 0.1) is 0 Å². The lowest BCUT2D eigenvalue weighted by atomic mass is 9.62. The summed E-state index contributed by atoms with van der Waals surface area (Å²) >= 11 is 6.22. The van der Waals surface area contributed by atoms with Gasteiger partial charge in [0.15, 0.2) is 0 Å². The molecule has 3 heteroatoms. The zero-order chi connectivity index (χ0) is 17.4. The molecule has 0 spiro atoms. The quantitative estimate of drug-likeness (QED) is 0.865. The number of hydrogen-bond acceptors (Lipinski definition) is 2. The first kappa shape index (κ1) is 17.5. The van der Waals surface area contributed by atoms with Crippen LogP contribution in [0.15, 0.2) is 48.5 Å². The molecular formula is C21H26ClNO. The first-order chi connectivity index (χ1) is 11.4. The highest BCUT2D eigenvalue weighted by molar-refractivity contribution is 6.30. The number of nitrogens with zero attached hydrogens (tertiary/aromatic N) is 1. The molecule has 2 nitrogen and oxygen atoms in total. The SMILES string of the molecule is CCCc1ccc([C@@](O)(c2cccc(Cl)c2)C2(C)CN(C)C2)cc1. The molecule has 0 radical (unpaired) electrons. The molecule has 0 bridgehead atoms. The summed E-state index contributed by atoms with van der Waals surface area (Å²) in [4.78, 5) is 2.24. The van der Waals surface area contributed by atoms with E-state index < -0.39 is 5.60 Å². The fraction of sp³-hybridized carbons (Fsp3) is 0.429. The number of likely N-dealkylation sites (tertiary alicyclic amines) is 1. The van der Waals surface area contributed by atoms with Gasteiger partial charge < -0.3 is 10.0 Å². The highest BCUT2D eigenvalue weighted by atomic mass is 35.5. The number of aryl methyl sites for hydroxylation is 1. The molecule has 24 heavy (non-hydrogen) atoms. The van der Waals surface area contributed by atoms with Crippen LogP contribution in [0.25, 0.3) is 0 Å². The molecule has 1 saturated heterocycles. The highest BCUT2D eigenvalue weighted by Gasteiger charge is 2.55. The third-order valence-corrected chi connectivity index (χ3v) is 5.50. The van der Waals surface area contributed by atoms with Crippen LogP contribution in [0.3, 0.4) is 0 Å². The third-order valence-electron chi connectivity index (χ3n) is 5.26. The maximum atomic E-state index is 11.9. The minimum Gasteiger partial charge on any atom is -0.380 e. The third kappa shape index (κ3) is 2.88. The Morgan fingerprint density at radius 2 is 1.79 bits per heavy atom. The fourth-order valence-corrected chi connectivity index (χ4v) is 4.34. The molecule has 0 aromatic heterocycles. The van der Waals surface area contributed by atoms with Gasteiger partial charge in [-0.05, 0) is 42.3 Å². The van der Waals surface area contributed by atoms with Gasteiger partial charge in [-0.2, -0.15) is 0 Å². The predicted octanol–water partition coefficient (Wildman–Crippen LogP) is 4.48. The average molecular weight is 344 g/mol. The molecule has 0 unspecified atom stereocenters. The van der Waals surface area contributed by atoms with Gasteiger partial charge in [0.1, 0.15) is 5.60 Å². The normalized spacial score (nSPS) is 19.5. The second-order valence-electron chi connectivity index (χ2n) is 7.40. The predicted molar refractivity (Wildman–Crippen MR) is 100 cm³/mol. The molecule has 1 atom stereocenters. The minimum absolute atomic E-state index is 0.237. The van der Waals surface area contributed by atoms with E-state index in [0.717, 1.165) is 37.1 Å². The van der Waals surface area contributed by atoms with Crippen molar-refractivity contribution in [2.75, 3.05) is 20.1 Å². The number of hydrogen-bond donors (Lipinski definition) is 1. The molecule has 0 amide bonds. The van der Waals surface area contributed by atoms with E-state index in [1.165, 1.54) is 5.56 Å². The van der Waals surface area contributed by atoms with Crippen molar-refractivity contribution in [2.24, 2.45) is 5.41 Å². The van der Waals surface area contributed by atoms with Gasteiger partial charge in [0.2, 0.25) is 0 Å². The van der Waals surface area contributed by atoms with Gasteiger partial charge in [-0.1, -0.05) is 68.3 Å². The van der Waals surface area contributed by atoms with Crippen LogP contribution in [-0.4, -0.2) is 30.1 Å². The summed E-state index contributed by atoms with van der Waals surface area (Å²) in [5, 5.41) is 12.6. The van der Waals surface area contributed by atoms with Crippen molar-refractivity contribution in [1.82, 2.24) is 4.90 Å². The largest absolute Gasteiger partial charge is 0.380 e. The van der Waals surface area contributed by atoms with Crippen LogP contribution < -0.4 is 0 Å². The summed E-state index contributed by atoms with van der Waals surface area (Å²) in [7, 11) is 2.09. The van der Waals surface area contributed by atoms with E-state index in [2.05, 4.69) is 50.1 Å². The molecule has 1 heterocycles. The van der Waals surface area contributed by atoms with Crippen molar-refractivity contribution in [3.05, 3.63) is 70.2 Å². The van der Waals surface area contributed by atoms with E-state index in [1.54, 1.807) is 0 Å². The molecule has 1 aliphatic rings. The van der Waals surface area contributed by atoms with Crippen molar-refractivity contribution >= 4 is 11.6 Å². The molecule has 128 valence electrons. The first-order valence-electron chi connectivity index (χ1n) is 8.65. The number of benzene rings is 2. The van der Waals surface area contributed by atoms with E-state index in [4.69, 9.17) is 11.6 Å². The van der Waals surface area contributed by atoms with E-state index in [1.807, 2.05) is 24.3 Å². The van der Waals surface area contributed by atoms with Gasteiger partial charge >= 0.3 is 0 Å². The Labute approximate surface area is 150 Å². The highest BCUT2D eigenvalue weighted by Crippen LogP contribution is 2.50. The summed E-state index contributed by atoms with van der Waals surface area (Å²) in [6, 6.07) is 16.1. The smallest absolute Gasteiger partial charge is 0.122 e. The molecule has 1 aliphatic heterocycles. The lowest BCUT2D eigenvalue weighted by Crippen LogP contribution is -2.63. The standard InChI is InChI=1S/C21H26ClNO/c1-4-6-16-9-11-17(12-10-16)21(24,20(2)14-23(3)15-20)18-7-5-8-19(22)13-18/h5,7-13,24H,4,6,14-15H2,1-3H3/t21-/m1/s1. The number of aliphatic hydroxyl groups is 1. The van der Waals surface area contributed by atoms with Crippen molar-refractivity contribution in [2.45, 2.75) is 32.3 Å². The Kier molecular flexibility index (Phi) is 4.74. The monoisotopic (exact) mass is 343 g/mol. The summed E-state index contributed by atoms with van der Waals surface area (Å²) < 4.78 is 0. The van der Waals surface area contributed by atoms with E-state index in [-0.39, 0.29) is 5.41 Å². The fourth-order valence-electron chi connectivity index (χ4n) is 4.15. The van der Waals surface area contributed by atoms with Crippen molar-refractivity contribution in [1.29, 1.82) is 0 Å². The van der Waals surface area contributed by atoms with Crippen LogP contribution in [0.5, 0.6) is 0 Å². The van der Waals surface area contributed by atoms with Crippen molar-refractivity contribution < 1.29 is 5.11 Å². The topological polar surface area (TPSA) is 23.5 Å². The second-order valence-corrected chi connectivity index (χ2v) is 7.84. The van der Waals surface area contributed by atoms with E-state index in [0.29, 0.717) is 5.02 Å². The molecule has 0 saturated carbocycles. The molecule has 2 aromatic rings. The zero-order valence-corrected chi connectivity index (χ0v) is 15.5. The molecule has 3 rings (SSSR count). The average Bonchev–Trinajstić information content (AvgIpc) is 2.53. The molecule has 0 aliphatic carbocycles. The first-order valence-corrected chi connectivity index (χ1v) is 9.03. The van der Waals surface area contributed by atoms with Gasteiger partial charge in [-0.25, -0.2) is 0 Å². The lowest BCUT2D eigenvalue weighted by molar-refractivity contribution is -0.127. The van der Waals surface area contributed by atoms with Gasteiger partial charge in [0.25, 0.3) is 0 Å². The van der Waals surface area contributed by atoms with Crippen LogP contribution in [0.4, 0.5) is 0 Å². The zero-order valence-electron chi connectivity index (χ0n) is 14.7.